The van der Waals surface area contributed by atoms with Gasteiger partial charge in [-0.05, 0) is 36.1 Å². The molecule has 1 heterocycles. The van der Waals surface area contributed by atoms with Gasteiger partial charge in [0.25, 0.3) is 0 Å². The van der Waals surface area contributed by atoms with Crippen LogP contribution >= 0.6 is 0 Å². The van der Waals surface area contributed by atoms with Crippen molar-refractivity contribution < 1.29 is 8.76 Å². The molecule has 0 radical (unpaired) electrons. The molecule has 0 aliphatic rings. The summed E-state index contributed by atoms with van der Waals surface area (Å²) in [7, 11) is 0. The van der Waals surface area contributed by atoms with Gasteiger partial charge in [-0.1, -0.05) is 27.2 Å². The van der Waals surface area contributed by atoms with Crippen LogP contribution in [-0.2, 0) is 16.5 Å². The zero-order valence-electron chi connectivity index (χ0n) is 10.0. The summed E-state index contributed by atoms with van der Waals surface area (Å²) in [6.07, 6.45) is 4.60. The molecule has 3 nitrogen and oxygen atoms in total. The van der Waals surface area contributed by atoms with Gasteiger partial charge < -0.3 is 4.55 Å². The molecule has 2 atom stereocenters. The first-order chi connectivity index (χ1) is 7.53. The van der Waals surface area contributed by atoms with Crippen molar-refractivity contribution in [2.45, 2.75) is 50.3 Å². The van der Waals surface area contributed by atoms with Crippen LogP contribution < -0.4 is 0 Å². The van der Waals surface area contributed by atoms with Crippen LogP contribution in [0, 0.1) is 0 Å². The van der Waals surface area contributed by atoms with Gasteiger partial charge in [0.1, 0.15) is 0 Å². The molecule has 2 unspecified atom stereocenters. The zero-order valence-corrected chi connectivity index (χ0v) is 10.8. The normalized spacial score (nSPS) is 16.8. The van der Waals surface area contributed by atoms with E-state index in [1.165, 1.54) is 6.20 Å². The van der Waals surface area contributed by atoms with Gasteiger partial charge in [-0.25, -0.2) is 0 Å². The first kappa shape index (κ1) is 13.3. The van der Waals surface area contributed by atoms with Crippen LogP contribution in [0.3, 0.4) is 0 Å². The lowest BCUT2D eigenvalue weighted by Crippen LogP contribution is -2.22. The molecule has 0 saturated carbocycles. The number of aromatic nitrogens is 1. The van der Waals surface area contributed by atoms with Gasteiger partial charge >= 0.3 is 0 Å². The summed E-state index contributed by atoms with van der Waals surface area (Å²) in [4.78, 5) is 4.52. The number of hydrogen-bond acceptors (Lipinski definition) is 3. The third-order valence-corrected chi connectivity index (χ3v) is 3.76. The highest BCUT2D eigenvalue weighted by Crippen LogP contribution is 2.31. The van der Waals surface area contributed by atoms with Gasteiger partial charge in [-0.15, -0.1) is 0 Å². The largest absolute Gasteiger partial charge is 0.768 e. The van der Waals surface area contributed by atoms with Crippen molar-refractivity contribution in [3.63, 3.8) is 0 Å². The van der Waals surface area contributed by atoms with Crippen molar-refractivity contribution in [2.24, 2.45) is 0 Å². The minimum absolute atomic E-state index is 0.0532. The number of nitrogens with zero attached hydrogens (tertiary/aromatic N) is 1. The Morgan fingerprint density at radius 3 is 2.50 bits per heavy atom. The van der Waals surface area contributed by atoms with E-state index in [2.05, 4.69) is 25.8 Å². The van der Waals surface area contributed by atoms with Crippen molar-refractivity contribution in [1.29, 1.82) is 0 Å². The van der Waals surface area contributed by atoms with Crippen LogP contribution in [0.1, 0.15) is 45.7 Å². The number of rotatable bonds is 5. The minimum atomic E-state index is -2.18. The van der Waals surface area contributed by atoms with E-state index in [9.17, 15) is 8.76 Å². The molecule has 0 aromatic carbocycles. The fourth-order valence-corrected chi connectivity index (χ4v) is 2.19. The van der Waals surface area contributed by atoms with Crippen LogP contribution in [-0.4, -0.2) is 13.7 Å². The molecule has 0 amide bonds. The number of pyridine rings is 1. The van der Waals surface area contributed by atoms with Gasteiger partial charge in [0.2, 0.25) is 0 Å². The Morgan fingerprint density at radius 2 is 2.12 bits per heavy atom. The van der Waals surface area contributed by atoms with Gasteiger partial charge in [-0.2, -0.15) is 0 Å². The predicted molar refractivity (Wildman–Crippen MR) is 64.0 cm³/mol. The van der Waals surface area contributed by atoms with Gasteiger partial charge in [-0.3, -0.25) is 9.19 Å². The molecule has 16 heavy (non-hydrogen) atoms. The lowest BCUT2D eigenvalue weighted by Gasteiger charge is -2.27. The summed E-state index contributed by atoms with van der Waals surface area (Å²) in [5, 5.41) is 0. The van der Waals surface area contributed by atoms with Crippen LogP contribution in [0.25, 0.3) is 0 Å². The Balaban J connectivity index is 2.99. The molecule has 1 aromatic heterocycles. The van der Waals surface area contributed by atoms with E-state index >= 15 is 0 Å². The van der Waals surface area contributed by atoms with E-state index < -0.39 is 11.1 Å². The molecule has 0 saturated heterocycles. The molecular weight excluding hydrogens is 222 g/mol. The lowest BCUT2D eigenvalue weighted by atomic mass is 9.79. The molecule has 0 aliphatic heterocycles. The van der Waals surface area contributed by atoms with Crippen LogP contribution in [0.15, 0.2) is 23.2 Å². The topological polar surface area (TPSA) is 53.0 Å². The van der Waals surface area contributed by atoms with Gasteiger partial charge in [0.15, 0.2) is 0 Å². The second-order valence-corrected chi connectivity index (χ2v) is 5.22. The molecule has 0 aliphatic carbocycles. The second kappa shape index (κ2) is 5.55. The van der Waals surface area contributed by atoms with E-state index in [1.807, 2.05) is 6.07 Å². The Bertz CT molecular complexity index is 364. The van der Waals surface area contributed by atoms with E-state index in [-0.39, 0.29) is 10.3 Å². The van der Waals surface area contributed by atoms with E-state index in [0.29, 0.717) is 0 Å². The SMILES string of the molecule is CCCC(C)(CC)c1ccc(S(=O)[O-])cn1. The molecule has 0 fully saturated rings. The van der Waals surface area contributed by atoms with Crippen molar-refractivity contribution in [3.05, 3.63) is 24.0 Å². The minimum Gasteiger partial charge on any atom is -0.768 e. The first-order valence-electron chi connectivity index (χ1n) is 5.59. The molecule has 1 rings (SSSR count). The van der Waals surface area contributed by atoms with Crippen molar-refractivity contribution in [2.75, 3.05) is 0 Å². The Morgan fingerprint density at radius 1 is 1.44 bits per heavy atom. The van der Waals surface area contributed by atoms with Crippen LogP contribution in [0.4, 0.5) is 0 Å². The summed E-state index contributed by atoms with van der Waals surface area (Å²) in [5.41, 5.74) is 1.03. The Kier molecular flexibility index (Phi) is 4.62. The highest BCUT2D eigenvalue weighted by molar-refractivity contribution is 7.79. The average Bonchev–Trinajstić information content (AvgIpc) is 2.29. The monoisotopic (exact) mass is 240 g/mol. The Labute approximate surface area is 99.6 Å². The van der Waals surface area contributed by atoms with E-state index in [1.54, 1.807) is 6.07 Å². The smallest absolute Gasteiger partial charge is 0.0463 e. The highest BCUT2D eigenvalue weighted by Gasteiger charge is 2.24. The summed E-state index contributed by atoms with van der Waals surface area (Å²) in [5.74, 6) is 0. The molecule has 0 N–H and O–H groups in total. The van der Waals surface area contributed by atoms with Crippen molar-refractivity contribution in [3.8, 4) is 0 Å². The summed E-state index contributed by atoms with van der Waals surface area (Å²) >= 11 is -2.18. The van der Waals surface area contributed by atoms with Crippen molar-refractivity contribution in [1.82, 2.24) is 4.98 Å². The van der Waals surface area contributed by atoms with E-state index in [0.717, 1.165) is 25.0 Å². The standard InChI is InChI=1S/C12H19NO2S/c1-4-8-12(3,5-2)11-7-6-10(9-13-11)16(14)15/h6-7,9H,4-5,8H2,1-3H3,(H,14,15)/p-1. The van der Waals surface area contributed by atoms with Crippen LogP contribution in [0.2, 0.25) is 0 Å². The maximum Gasteiger partial charge on any atom is 0.0463 e. The molecule has 0 bridgehead atoms. The molecule has 4 heteroatoms. The molecule has 1 aromatic rings. The molecule has 0 spiro atoms. The molecule has 90 valence electrons. The maximum atomic E-state index is 10.7. The van der Waals surface area contributed by atoms with Gasteiger partial charge in [0, 0.05) is 22.2 Å². The first-order valence-corrected chi connectivity index (χ1v) is 6.66. The van der Waals surface area contributed by atoms with Crippen LogP contribution in [0.5, 0.6) is 0 Å². The number of hydrogen-bond donors (Lipinski definition) is 0. The summed E-state index contributed by atoms with van der Waals surface area (Å²) in [6.45, 7) is 6.46. The predicted octanol–water partition coefficient (Wildman–Crippen LogP) is 2.79. The third kappa shape index (κ3) is 2.89. The average molecular weight is 240 g/mol. The third-order valence-electron chi connectivity index (χ3n) is 3.13. The fraction of sp³-hybridized carbons (Fsp3) is 0.583. The van der Waals surface area contributed by atoms with Crippen molar-refractivity contribution >= 4 is 11.1 Å². The summed E-state index contributed by atoms with van der Waals surface area (Å²) < 4.78 is 21.4. The molecular formula is C12H18NO2S-. The maximum absolute atomic E-state index is 10.7. The summed E-state index contributed by atoms with van der Waals surface area (Å²) in [6, 6.07) is 3.44. The zero-order chi connectivity index (χ0) is 12.2. The van der Waals surface area contributed by atoms with Gasteiger partial charge in [0.05, 0.1) is 0 Å². The lowest BCUT2D eigenvalue weighted by molar-refractivity contribution is 0.401. The highest BCUT2D eigenvalue weighted by atomic mass is 32.2. The quantitative estimate of drug-likeness (QED) is 0.744. The fourth-order valence-electron chi connectivity index (χ4n) is 1.87. The second-order valence-electron chi connectivity index (χ2n) is 4.28. The van der Waals surface area contributed by atoms with E-state index in [4.69, 9.17) is 0 Å². The Hall–Kier alpha value is -0.740.